The van der Waals surface area contributed by atoms with Gasteiger partial charge in [-0.2, -0.15) is 0 Å². The SMILES string of the molecule is CCOc1ccc(S(=O)(=O)N(CC(=O)N(Cc2ccccc2)C(Cc2ccccc2)C(=O)NCC(C)C)c2ccc(F)cc2)cc1. The molecule has 0 saturated carbocycles. The third kappa shape index (κ3) is 9.17. The lowest BCUT2D eigenvalue weighted by molar-refractivity contribution is -0.140. The summed E-state index contributed by atoms with van der Waals surface area (Å²) in [5, 5.41) is 2.97. The van der Waals surface area contributed by atoms with Crippen LogP contribution in [0, 0.1) is 11.7 Å². The Balaban J connectivity index is 1.77. The number of nitrogens with one attached hydrogen (secondary N) is 1. The maximum absolute atomic E-state index is 14.4. The molecule has 1 unspecified atom stereocenters. The normalized spacial score (nSPS) is 11.9. The van der Waals surface area contributed by atoms with Crippen LogP contribution in [0.15, 0.2) is 114 Å². The predicted molar refractivity (Wildman–Crippen MR) is 177 cm³/mol. The fourth-order valence-corrected chi connectivity index (χ4v) is 6.31. The Kier molecular flexibility index (Phi) is 11.9. The molecule has 8 nitrogen and oxygen atoms in total. The second-order valence-corrected chi connectivity index (χ2v) is 13.1. The van der Waals surface area contributed by atoms with Crippen LogP contribution >= 0.6 is 0 Å². The number of sulfonamides is 1. The van der Waals surface area contributed by atoms with Gasteiger partial charge in [0.25, 0.3) is 10.0 Å². The molecule has 0 radical (unpaired) electrons. The number of benzene rings is 4. The van der Waals surface area contributed by atoms with E-state index in [0.717, 1.165) is 27.6 Å². The Morgan fingerprint density at radius 1 is 0.826 bits per heavy atom. The Morgan fingerprint density at radius 3 is 1.98 bits per heavy atom. The summed E-state index contributed by atoms with van der Waals surface area (Å²) in [7, 11) is -4.32. The molecule has 4 aromatic carbocycles. The van der Waals surface area contributed by atoms with Crippen molar-refractivity contribution in [3.05, 3.63) is 126 Å². The molecule has 0 aliphatic carbocycles. The van der Waals surface area contributed by atoms with Crippen LogP contribution in [0.1, 0.15) is 31.9 Å². The van der Waals surface area contributed by atoms with Crippen molar-refractivity contribution in [1.82, 2.24) is 10.2 Å². The van der Waals surface area contributed by atoms with Crippen molar-refractivity contribution in [3.63, 3.8) is 0 Å². The summed E-state index contributed by atoms with van der Waals surface area (Å²) in [6, 6.07) is 28.4. The number of hydrogen-bond donors (Lipinski definition) is 1. The highest BCUT2D eigenvalue weighted by atomic mass is 32.2. The second-order valence-electron chi connectivity index (χ2n) is 11.2. The third-order valence-corrected chi connectivity index (χ3v) is 9.06. The van der Waals surface area contributed by atoms with E-state index in [1.54, 1.807) is 0 Å². The first-order valence-corrected chi connectivity index (χ1v) is 16.7. The van der Waals surface area contributed by atoms with Crippen molar-refractivity contribution in [3.8, 4) is 5.75 Å². The van der Waals surface area contributed by atoms with E-state index in [0.29, 0.717) is 18.9 Å². The Bertz CT molecular complexity index is 1670. The van der Waals surface area contributed by atoms with Gasteiger partial charge in [-0.25, -0.2) is 12.8 Å². The van der Waals surface area contributed by atoms with E-state index in [4.69, 9.17) is 4.74 Å². The average Bonchev–Trinajstić information content (AvgIpc) is 3.06. The van der Waals surface area contributed by atoms with E-state index in [1.807, 2.05) is 81.4 Å². The van der Waals surface area contributed by atoms with E-state index < -0.39 is 34.3 Å². The van der Waals surface area contributed by atoms with Gasteiger partial charge in [0.2, 0.25) is 11.8 Å². The zero-order chi connectivity index (χ0) is 33.1. The van der Waals surface area contributed by atoms with Gasteiger partial charge >= 0.3 is 0 Å². The van der Waals surface area contributed by atoms with Crippen molar-refractivity contribution in [2.75, 3.05) is 24.0 Å². The monoisotopic (exact) mass is 645 g/mol. The van der Waals surface area contributed by atoms with Gasteiger partial charge in [0, 0.05) is 19.5 Å². The topological polar surface area (TPSA) is 96.0 Å². The molecule has 4 aromatic rings. The van der Waals surface area contributed by atoms with Crippen LogP contribution in [0.2, 0.25) is 0 Å². The van der Waals surface area contributed by atoms with Crippen LogP contribution in [-0.2, 0) is 32.6 Å². The summed E-state index contributed by atoms with van der Waals surface area (Å²) >= 11 is 0. The Labute approximate surface area is 270 Å². The molecule has 0 aliphatic rings. The number of nitrogens with zero attached hydrogens (tertiary/aromatic N) is 2. The van der Waals surface area contributed by atoms with Crippen molar-refractivity contribution >= 4 is 27.5 Å². The van der Waals surface area contributed by atoms with Crippen LogP contribution in [-0.4, -0.2) is 50.9 Å². The maximum Gasteiger partial charge on any atom is 0.264 e. The zero-order valence-electron chi connectivity index (χ0n) is 26.3. The van der Waals surface area contributed by atoms with Crippen molar-refractivity contribution < 1.29 is 27.1 Å². The standard InChI is InChI=1S/C36H40FN3O5S/c1-4-45-32-19-21-33(22-20-32)46(43,44)40(31-17-15-30(37)16-18-31)26-35(41)39(25-29-13-9-6-10-14-29)34(36(42)38-24-27(2)3)23-28-11-7-5-8-12-28/h5-22,27,34H,4,23-26H2,1-3H3,(H,38,42). The molecule has 1 atom stereocenters. The maximum atomic E-state index is 14.4. The molecule has 0 fully saturated rings. The number of carbonyl (C=O) groups excluding carboxylic acids is 2. The summed E-state index contributed by atoms with van der Waals surface area (Å²) in [6.45, 7) is 6.03. The lowest BCUT2D eigenvalue weighted by Gasteiger charge is -2.34. The first kappa shape index (κ1) is 34.2. The molecule has 1 N–H and O–H groups in total. The van der Waals surface area contributed by atoms with Crippen LogP contribution in [0.4, 0.5) is 10.1 Å². The van der Waals surface area contributed by atoms with Gasteiger partial charge in [-0.1, -0.05) is 74.5 Å². The lowest BCUT2D eigenvalue weighted by Crippen LogP contribution is -2.53. The van der Waals surface area contributed by atoms with E-state index in [1.165, 1.54) is 41.3 Å². The molecule has 242 valence electrons. The highest BCUT2D eigenvalue weighted by Crippen LogP contribution is 2.27. The van der Waals surface area contributed by atoms with Gasteiger partial charge in [0.05, 0.1) is 17.2 Å². The summed E-state index contributed by atoms with van der Waals surface area (Å²) in [4.78, 5) is 29.6. The van der Waals surface area contributed by atoms with Crippen LogP contribution in [0.25, 0.3) is 0 Å². The Morgan fingerprint density at radius 2 is 1.41 bits per heavy atom. The molecule has 2 amide bonds. The van der Waals surface area contributed by atoms with Crippen molar-refractivity contribution in [2.24, 2.45) is 5.92 Å². The number of hydrogen-bond acceptors (Lipinski definition) is 5. The molecule has 0 bridgehead atoms. The lowest BCUT2D eigenvalue weighted by atomic mass is 10.0. The molecule has 0 aromatic heterocycles. The van der Waals surface area contributed by atoms with E-state index in [9.17, 15) is 22.4 Å². The fourth-order valence-electron chi connectivity index (χ4n) is 4.89. The number of ether oxygens (including phenoxy) is 1. The van der Waals surface area contributed by atoms with E-state index >= 15 is 0 Å². The van der Waals surface area contributed by atoms with Gasteiger partial charge in [0.15, 0.2) is 0 Å². The molecule has 4 rings (SSSR count). The molecule has 0 aliphatic heterocycles. The van der Waals surface area contributed by atoms with Gasteiger partial charge in [-0.15, -0.1) is 0 Å². The minimum atomic E-state index is -4.32. The van der Waals surface area contributed by atoms with E-state index in [2.05, 4.69) is 5.32 Å². The number of carbonyl (C=O) groups is 2. The zero-order valence-corrected chi connectivity index (χ0v) is 27.1. The third-order valence-electron chi connectivity index (χ3n) is 7.27. The summed E-state index contributed by atoms with van der Waals surface area (Å²) in [6.07, 6.45) is 0.214. The van der Waals surface area contributed by atoms with Gasteiger partial charge in [0.1, 0.15) is 24.2 Å². The Hall–Kier alpha value is -4.70. The van der Waals surface area contributed by atoms with Crippen LogP contribution in [0.5, 0.6) is 5.75 Å². The second kappa shape index (κ2) is 16.0. The van der Waals surface area contributed by atoms with Gasteiger partial charge in [-0.05, 0) is 72.5 Å². The number of rotatable bonds is 15. The number of anilines is 1. The summed E-state index contributed by atoms with van der Waals surface area (Å²) < 4.78 is 48.6. The molecular weight excluding hydrogens is 605 g/mol. The van der Waals surface area contributed by atoms with Gasteiger partial charge in [-0.3, -0.25) is 13.9 Å². The van der Waals surface area contributed by atoms with Crippen LogP contribution in [0.3, 0.4) is 0 Å². The van der Waals surface area contributed by atoms with E-state index in [-0.39, 0.29) is 35.4 Å². The minimum absolute atomic E-state index is 0.0621. The first-order chi connectivity index (χ1) is 22.1. The molecule has 0 heterocycles. The fraction of sp³-hybridized carbons (Fsp3) is 0.278. The predicted octanol–water partition coefficient (Wildman–Crippen LogP) is 5.83. The molecule has 10 heteroatoms. The molecule has 0 saturated heterocycles. The largest absolute Gasteiger partial charge is 0.494 e. The molecule has 0 spiro atoms. The van der Waals surface area contributed by atoms with Gasteiger partial charge < -0.3 is 15.0 Å². The summed E-state index contributed by atoms with van der Waals surface area (Å²) in [5.74, 6) is -0.819. The smallest absolute Gasteiger partial charge is 0.264 e. The highest BCUT2D eigenvalue weighted by molar-refractivity contribution is 7.92. The first-order valence-electron chi connectivity index (χ1n) is 15.2. The van der Waals surface area contributed by atoms with Crippen LogP contribution < -0.4 is 14.4 Å². The van der Waals surface area contributed by atoms with Crippen molar-refractivity contribution in [1.29, 1.82) is 0 Å². The molecule has 46 heavy (non-hydrogen) atoms. The minimum Gasteiger partial charge on any atom is -0.494 e. The number of halogens is 1. The highest BCUT2D eigenvalue weighted by Gasteiger charge is 2.34. The summed E-state index contributed by atoms with van der Waals surface area (Å²) in [5.41, 5.74) is 1.72. The average molecular weight is 646 g/mol. The molecular formula is C36H40FN3O5S. The number of amides is 2. The quantitative estimate of drug-likeness (QED) is 0.176. The van der Waals surface area contributed by atoms with Crippen molar-refractivity contribution in [2.45, 2.75) is 44.7 Å².